The number of nitrogens with zero attached hydrogens (tertiary/aromatic N) is 9. The molecule has 18 heterocycles. The highest BCUT2D eigenvalue weighted by atomic mass is 31.2. The van der Waals surface area contributed by atoms with Crippen molar-refractivity contribution in [3.05, 3.63) is 0 Å². The van der Waals surface area contributed by atoms with Gasteiger partial charge in [0.2, 0.25) is 0 Å². The first-order chi connectivity index (χ1) is 41.4. The Labute approximate surface area is 506 Å². The fraction of sp³-hybridized carbons (Fsp3) is 0.900. The Bertz CT molecular complexity index is 2160. The summed E-state index contributed by atoms with van der Waals surface area (Å²) in [5.41, 5.74) is -8.16. The summed E-state index contributed by atoms with van der Waals surface area (Å²) in [6.45, 7) is 5.10. The zero-order valence-corrected chi connectivity index (χ0v) is 52.8. The summed E-state index contributed by atoms with van der Waals surface area (Å²) in [7, 11) is 3.72. The number of ether oxygens (including phenoxy) is 6. The molecule has 26 heteroatoms. The lowest BCUT2D eigenvalue weighted by Gasteiger charge is -2.57. The Morgan fingerprint density at radius 3 is 0.558 bits per heavy atom. The molecule has 0 aromatic carbocycles. The van der Waals surface area contributed by atoms with Crippen molar-refractivity contribution in [2.24, 2.45) is 35.5 Å². The highest BCUT2D eigenvalue weighted by Crippen LogP contribution is 2.56. The van der Waals surface area contributed by atoms with E-state index in [1.807, 2.05) is 0 Å². The monoisotopic (exact) mass is 1230 g/mol. The van der Waals surface area contributed by atoms with Gasteiger partial charge >= 0.3 is 7.82 Å². The van der Waals surface area contributed by atoms with E-state index in [0.29, 0.717) is 156 Å². The Kier molecular flexibility index (Phi) is 18.7. The fourth-order valence-corrected chi connectivity index (χ4v) is 20.2. The smallest absolute Gasteiger partial charge is 0.382 e. The third-order valence-electron chi connectivity index (χ3n) is 23.2. The van der Waals surface area contributed by atoms with E-state index in [1.54, 1.807) is 42.7 Å². The average Bonchev–Trinajstić information content (AvgIpc) is 0.918. The van der Waals surface area contributed by atoms with Crippen LogP contribution in [0.25, 0.3) is 0 Å². The molecule has 18 aliphatic rings. The highest BCUT2D eigenvalue weighted by molar-refractivity contribution is 7.48. The maximum absolute atomic E-state index is 17.9. The fourth-order valence-electron chi connectivity index (χ4n) is 18.9. The van der Waals surface area contributed by atoms with E-state index in [9.17, 15) is 0 Å². The van der Waals surface area contributed by atoms with Gasteiger partial charge in [-0.2, -0.15) is 29.1 Å². The van der Waals surface area contributed by atoms with Crippen LogP contribution in [0.5, 0.6) is 0 Å². The number of hydrogen-bond acceptors (Lipinski definition) is 25. The van der Waals surface area contributed by atoms with Crippen LogP contribution < -0.4 is 0 Å². The standard InChI is InChI=1S/C60H96N9O16P/c1-77-37-55(49(70)43-7-19-61(55)20-8-43)31-67(32-56(38-78-2)50(71)44-9-21-62(56)22-10-44)83-86(76,84-68(33-57(39-79-3)51(72)45-11-23-63(57)24-12-45)34-58(40-80-4)52(73)46-13-25-64(58)26-14-46)85-69(35-59(41-81-5)53(74)47-15-27-65(59)28-16-47)36-60(42-82-6)54(75)48-17-29-66(60)30-18-48/h43-48H,7-42H2,1-6H3. The molecule has 0 aliphatic carbocycles. The van der Waals surface area contributed by atoms with E-state index in [1.165, 1.54) is 15.2 Å². The van der Waals surface area contributed by atoms with Gasteiger partial charge in [-0.05, 0) is 156 Å². The quantitative estimate of drug-likeness (QED) is 0.0718. The van der Waals surface area contributed by atoms with Crippen molar-refractivity contribution in [2.45, 2.75) is 110 Å². The average molecular weight is 1230 g/mol. The van der Waals surface area contributed by atoms with Crippen LogP contribution in [0.1, 0.15) is 77.0 Å². The van der Waals surface area contributed by atoms with Gasteiger partial charge in [-0.1, -0.05) is 0 Å². The van der Waals surface area contributed by atoms with E-state index in [0.717, 1.165) is 0 Å². The molecular formula is C60H96N9O16P. The van der Waals surface area contributed by atoms with Crippen molar-refractivity contribution in [3.63, 3.8) is 0 Å². The molecule has 0 radical (unpaired) electrons. The van der Waals surface area contributed by atoms with Gasteiger partial charge < -0.3 is 28.4 Å². The summed E-state index contributed by atoms with van der Waals surface area (Å²) in [4.78, 5) is 104. The van der Waals surface area contributed by atoms with Crippen LogP contribution in [-0.2, 0) is 75.6 Å². The van der Waals surface area contributed by atoms with E-state index in [4.69, 9.17) is 42.3 Å². The first kappa shape index (κ1) is 63.7. The van der Waals surface area contributed by atoms with Gasteiger partial charge in [0.1, 0.15) is 33.2 Å². The SMILES string of the molecule is COCC1(CN(CC2(COC)C(=O)C3CCN2CC3)OP(=O)(ON(CC2(COC)C(=O)C3CCN2CC3)CC2(COC)C(=O)C3CCN2CC3)ON(CC2(COC)C(=O)C3CCN2CC3)CC2(COC)C(=O)C3CCN2CC3)C(=O)C2CCN1CC2. The minimum absolute atomic E-state index is 0.0569. The van der Waals surface area contributed by atoms with E-state index in [-0.39, 0.29) is 149 Å². The number of rotatable bonds is 30. The molecule has 482 valence electrons. The minimum Gasteiger partial charge on any atom is -0.382 e. The molecule has 18 fully saturated rings. The maximum atomic E-state index is 17.9. The Morgan fingerprint density at radius 1 is 0.302 bits per heavy atom. The zero-order chi connectivity index (χ0) is 60.4. The van der Waals surface area contributed by atoms with Crippen molar-refractivity contribution in [2.75, 3.05) is 200 Å². The van der Waals surface area contributed by atoms with E-state index < -0.39 is 41.1 Å². The molecule has 0 N–H and O–H groups in total. The van der Waals surface area contributed by atoms with Gasteiger partial charge in [0.05, 0.1) is 78.9 Å². The van der Waals surface area contributed by atoms with Crippen LogP contribution in [0.4, 0.5) is 0 Å². The van der Waals surface area contributed by atoms with Crippen molar-refractivity contribution in [1.29, 1.82) is 0 Å². The number of carbonyl (C=O) groups is 6. The van der Waals surface area contributed by atoms with Gasteiger partial charge in [0, 0.05) is 78.2 Å². The second-order valence-corrected chi connectivity index (χ2v) is 29.0. The topological polar surface area (TPSA) is 232 Å². The van der Waals surface area contributed by atoms with Gasteiger partial charge in [0.25, 0.3) is 0 Å². The summed E-state index contributed by atoms with van der Waals surface area (Å²) >= 11 is 0. The number of hydroxylamine groups is 6. The molecule has 18 rings (SSSR count). The van der Waals surface area contributed by atoms with Crippen LogP contribution in [0.2, 0.25) is 0 Å². The first-order valence-corrected chi connectivity index (χ1v) is 33.6. The molecule has 0 amide bonds. The van der Waals surface area contributed by atoms with Crippen LogP contribution in [0.15, 0.2) is 0 Å². The summed E-state index contributed by atoms with van der Waals surface area (Å²) in [6, 6.07) is 0. The van der Waals surface area contributed by atoms with Crippen LogP contribution in [-0.4, -0.2) is 313 Å². The third-order valence-corrected chi connectivity index (χ3v) is 24.4. The molecule has 18 aliphatic heterocycles. The van der Waals surface area contributed by atoms with Gasteiger partial charge in [-0.25, -0.2) is 4.57 Å². The molecular weight excluding hydrogens is 1130 g/mol. The van der Waals surface area contributed by atoms with Crippen molar-refractivity contribution < 1.29 is 75.6 Å². The lowest BCUT2D eigenvalue weighted by atomic mass is 9.72. The van der Waals surface area contributed by atoms with E-state index in [2.05, 4.69) is 29.4 Å². The Hall–Kier alpha value is -2.47. The molecule has 0 aromatic heterocycles. The molecule has 6 atom stereocenters. The zero-order valence-electron chi connectivity index (χ0n) is 51.9. The third kappa shape index (κ3) is 10.7. The van der Waals surface area contributed by atoms with E-state index >= 15 is 33.3 Å². The number of ketones is 6. The summed E-state index contributed by atoms with van der Waals surface area (Å²) < 4.78 is 76.0. The largest absolute Gasteiger partial charge is 0.525 e. The number of piperidine rings is 18. The molecule has 25 nitrogen and oxygen atoms in total. The highest BCUT2D eigenvalue weighted by Gasteiger charge is 2.64. The number of Topliss-reactive ketones (excluding diaryl/α,β-unsaturated/α-hetero) is 6. The molecule has 18 saturated heterocycles. The van der Waals surface area contributed by atoms with Crippen LogP contribution >= 0.6 is 7.82 Å². The molecule has 6 unspecified atom stereocenters. The van der Waals surface area contributed by atoms with Crippen molar-refractivity contribution >= 4 is 42.5 Å². The minimum atomic E-state index is -5.55. The summed E-state index contributed by atoms with van der Waals surface area (Å²) in [5, 5.41) is 4.25. The molecule has 0 aromatic rings. The number of hydrogen-bond donors (Lipinski definition) is 0. The van der Waals surface area contributed by atoms with Crippen LogP contribution in [0, 0.1) is 35.5 Å². The Balaban J connectivity index is 1.05. The first-order valence-electron chi connectivity index (χ1n) is 32.1. The number of methoxy groups -OCH3 is 6. The summed E-state index contributed by atoms with van der Waals surface area (Å²) in [6.07, 6.45) is 7.84. The van der Waals surface area contributed by atoms with Crippen molar-refractivity contribution in [3.8, 4) is 0 Å². The number of fused-ring (bicyclic) bond motifs is 18. The molecule has 0 spiro atoms. The second kappa shape index (κ2) is 25.2. The van der Waals surface area contributed by atoms with Crippen molar-refractivity contribution in [1.82, 2.24) is 44.6 Å². The molecule has 0 saturated carbocycles. The molecule has 86 heavy (non-hydrogen) atoms. The number of phosphoric acid groups is 1. The summed E-state index contributed by atoms with van der Waals surface area (Å²) in [5.74, 6) is -2.10. The van der Waals surface area contributed by atoms with Gasteiger partial charge in [-0.3, -0.25) is 58.2 Å². The van der Waals surface area contributed by atoms with Crippen LogP contribution in [0.3, 0.4) is 0 Å². The predicted molar refractivity (Wildman–Crippen MR) is 309 cm³/mol. The predicted octanol–water partition coefficient (Wildman–Crippen LogP) is 0.875. The van der Waals surface area contributed by atoms with Gasteiger partial charge in [0.15, 0.2) is 34.7 Å². The molecule has 12 bridgehead atoms. The lowest BCUT2D eigenvalue weighted by molar-refractivity contribution is -0.237. The van der Waals surface area contributed by atoms with Gasteiger partial charge in [-0.15, -0.1) is 0 Å². The maximum Gasteiger partial charge on any atom is 0.525 e. The Morgan fingerprint density at radius 2 is 0.442 bits per heavy atom. The number of carbonyl (C=O) groups excluding carboxylic acids is 6. The second-order valence-electron chi connectivity index (χ2n) is 27.6. The lowest BCUT2D eigenvalue weighted by Crippen LogP contribution is -2.74. The normalized spacial score (nSPS) is 43.0.